The summed E-state index contributed by atoms with van der Waals surface area (Å²) in [5.74, 6) is 5.84. The molecule has 0 saturated heterocycles. The van der Waals surface area contributed by atoms with Crippen LogP contribution in [0.2, 0.25) is 0 Å². The smallest absolute Gasteiger partial charge is 0.0136 e. The van der Waals surface area contributed by atoms with Crippen molar-refractivity contribution < 1.29 is 0 Å². The molecule has 4 aliphatic rings. The van der Waals surface area contributed by atoms with Crippen LogP contribution in [0.5, 0.6) is 0 Å². The third-order valence-corrected chi connectivity index (χ3v) is 6.11. The SMILES string of the molecule is CC1C2C3C4C(C)C1(C)C243. The van der Waals surface area contributed by atoms with E-state index in [1.165, 1.54) is 17.8 Å². The van der Waals surface area contributed by atoms with Crippen LogP contribution in [0, 0.1) is 40.4 Å². The summed E-state index contributed by atoms with van der Waals surface area (Å²) in [5, 5.41) is 0. The Labute approximate surface area is 62.0 Å². The first-order chi connectivity index (χ1) is 4.68. The van der Waals surface area contributed by atoms with E-state index >= 15 is 0 Å². The van der Waals surface area contributed by atoms with Crippen molar-refractivity contribution in [2.45, 2.75) is 20.8 Å². The number of rotatable bonds is 0. The van der Waals surface area contributed by atoms with Gasteiger partial charge in [-0.1, -0.05) is 20.8 Å². The fraction of sp³-hybridized carbons (Fsp3) is 1.00. The van der Waals surface area contributed by atoms with Gasteiger partial charge in [0.25, 0.3) is 0 Å². The number of hydrogen-bond acceptors (Lipinski definition) is 0. The van der Waals surface area contributed by atoms with Gasteiger partial charge >= 0.3 is 0 Å². The van der Waals surface area contributed by atoms with Gasteiger partial charge in [-0.15, -0.1) is 0 Å². The van der Waals surface area contributed by atoms with Gasteiger partial charge in [-0.05, 0) is 40.4 Å². The molecule has 0 radical (unpaired) electrons. The Morgan fingerprint density at radius 1 is 0.900 bits per heavy atom. The molecule has 0 heteroatoms. The Balaban J connectivity index is 1.93. The van der Waals surface area contributed by atoms with Crippen molar-refractivity contribution in [3.8, 4) is 0 Å². The quantitative estimate of drug-likeness (QED) is 0.476. The van der Waals surface area contributed by atoms with Gasteiger partial charge in [-0.25, -0.2) is 0 Å². The molecule has 4 fully saturated rings. The summed E-state index contributed by atoms with van der Waals surface area (Å²) < 4.78 is 0. The Morgan fingerprint density at radius 2 is 1.40 bits per heavy atom. The molecule has 0 heterocycles. The third-order valence-electron chi connectivity index (χ3n) is 6.11. The molecule has 54 valence electrons. The standard InChI is InChI=1S/C10H14/c1-4-6-8-7-5(2)9(4,3)10(6,7)8/h4-8H,1-3H3. The fourth-order valence-electron chi connectivity index (χ4n) is 5.54. The van der Waals surface area contributed by atoms with Crippen molar-refractivity contribution in [1.29, 1.82) is 0 Å². The minimum Gasteiger partial charge on any atom is -0.0617 e. The van der Waals surface area contributed by atoms with E-state index in [4.69, 9.17) is 0 Å². The lowest BCUT2D eigenvalue weighted by Gasteiger charge is -2.67. The van der Waals surface area contributed by atoms with Gasteiger partial charge in [0, 0.05) is 0 Å². The molecule has 4 aliphatic carbocycles. The van der Waals surface area contributed by atoms with Gasteiger partial charge in [0.15, 0.2) is 0 Å². The molecule has 10 heavy (non-hydrogen) atoms. The summed E-state index contributed by atoms with van der Waals surface area (Å²) in [7, 11) is 0. The van der Waals surface area contributed by atoms with Crippen molar-refractivity contribution in [3.05, 3.63) is 0 Å². The van der Waals surface area contributed by atoms with E-state index in [0.717, 1.165) is 22.7 Å². The molecule has 4 rings (SSSR count). The Morgan fingerprint density at radius 3 is 1.60 bits per heavy atom. The second kappa shape index (κ2) is 0.790. The summed E-state index contributed by atoms with van der Waals surface area (Å²) >= 11 is 0. The van der Waals surface area contributed by atoms with Crippen LogP contribution in [0.1, 0.15) is 20.8 Å². The van der Waals surface area contributed by atoms with Crippen LogP contribution in [0.3, 0.4) is 0 Å². The predicted molar refractivity (Wildman–Crippen MR) is 39.3 cm³/mol. The Hall–Kier alpha value is 0. The molecule has 0 nitrogen and oxygen atoms in total. The highest BCUT2D eigenvalue weighted by atomic mass is 15.1. The van der Waals surface area contributed by atoms with E-state index in [9.17, 15) is 0 Å². The second-order valence-electron chi connectivity index (χ2n) is 5.37. The van der Waals surface area contributed by atoms with Crippen molar-refractivity contribution in [2.75, 3.05) is 0 Å². The van der Waals surface area contributed by atoms with E-state index in [-0.39, 0.29) is 0 Å². The normalized spacial score (nSPS) is 93.3. The molecular weight excluding hydrogens is 120 g/mol. The largest absolute Gasteiger partial charge is 0.0617 e. The van der Waals surface area contributed by atoms with Gasteiger partial charge in [0.05, 0.1) is 0 Å². The van der Waals surface area contributed by atoms with Crippen molar-refractivity contribution >= 4 is 0 Å². The van der Waals surface area contributed by atoms with Gasteiger partial charge in [0.2, 0.25) is 0 Å². The lowest BCUT2D eigenvalue weighted by Crippen LogP contribution is -2.63. The molecule has 4 unspecified atom stereocenters. The van der Waals surface area contributed by atoms with E-state index in [1.807, 2.05) is 0 Å². The summed E-state index contributed by atoms with van der Waals surface area (Å²) in [6.07, 6.45) is 0. The predicted octanol–water partition coefficient (Wildman–Crippen LogP) is 2.15. The van der Waals surface area contributed by atoms with Crippen molar-refractivity contribution in [3.63, 3.8) is 0 Å². The van der Waals surface area contributed by atoms with Crippen LogP contribution in [-0.2, 0) is 0 Å². The molecule has 0 amide bonds. The van der Waals surface area contributed by atoms with Gasteiger partial charge in [-0.2, -0.15) is 0 Å². The molecule has 4 atom stereocenters. The maximum Gasteiger partial charge on any atom is -0.0136 e. The molecule has 0 aliphatic heterocycles. The monoisotopic (exact) mass is 134 g/mol. The molecule has 0 aromatic rings. The van der Waals surface area contributed by atoms with Gasteiger partial charge in [0.1, 0.15) is 0 Å². The van der Waals surface area contributed by atoms with Crippen LogP contribution in [-0.4, -0.2) is 0 Å². The topological polar surface area (TPSA) is 0 Å². The summed E-state index contributed by atoms with van der Waals surface area (Å²) in [6.45, 7) is 7.51. The highest BCUT2D eigenvalue weighted by Crippen LogP contribution is 3.11. The van der Waals surface area contributed by atoms with Gasteiger partial charge < -0.3 is 0 Å². The first-order valence-electron chi connectivity index (χ1n) is 4.68. The molecule has 4 saturated carbocycles. The molecule has 0 bridgehead atoms. The van der Waals surface area contributed by atoms with Crippen molar-refractivity contribution in [1.82, 2.24) is 0 Å². The number of hydrogen-bond donors (Lipinski definition) is 0. The highest BCUT2D eigenvalue weighted by molar-refractivity contribution is 5.54. The third kappa shape index (κ3) is 0.151. The average molecular weight is 134 g/mol. The zero-order chi connectivity index (χ0) is 6.89. The van der Waals surface area contributed by atoms with Crippen LogP contribution >= 0.6 is 0 Å². The molecular formula is C10H14. The van der Waals surface area contributed by atoms with Gasteiger partial charge in [-0.3, -0.25) is 0 Å². The summed E-state index contributed by atoms with van der Waals surface area (Å²) in [6, 6.07) is 0. The maximum absolute atomic E-state index is 2.54. The first kappa shape index (κ1) is 4.79. The van der Waals surface area contributed by atoms with Crippen LogP contribution in [0.15, 0.2) is 0 Å². The minimum atomic E-state index is 0.826. The lowest BCUT2D eigenvalue weighted by molar-refractivity contribution is -0.200. The summed E-state index contributed by atoms with van der Waals surface area (Å²) in [4.78, 5) is 0. The highest BCUT2D eigenvalue weighted by Gasteiger charge is 3.08. The minimum absolute atomic E-state index is 0.826. The Kier molecular flexibility index (Phi) is 0.379. The first-order valence-corrected chi connectivity index (χ1v) is 4.68. The van der Waals surface area contributed by atoms with E-state index in [0.29, 0.717) is 0 Å². The zero-order valence-corrected chi connectivity index (χ0v) is 6.89. The molecule has 0 aromatic carbocycles. The summed E-state index contributed by atoms with van der Waals surface area (Å²) in [5.41, 5.74) is 1.82. The Bertz CT molecular complexity index is 235. The molecule has 0 aromatic heterocycles. The van der Waals surface area contributed by atoms with Crippen LogP contribution in [0.25, 0.3) is 0 Å². The van der Waals surface area contributed by atoms with Crippen LogP contribution < -0.4 is 0 Å². The maximum atomic E-state index is 2.54. The van der Waals surface area contributed by atoms with E-state index in [2.05, 4.69) is 20.8 Å². The zero-order valence-electron chi connectivity index (χ0n) is 6.89. The fourth-order valence-corrected chi connectivity index (χ4v) is 5.54. The van der Waals surface area contributed by atoms with E-state index < -0.39 is 0 Å². The molecule has 0 N–H and O–H groups in total. The van der Waals surface area contributed by atoms with Crippen LogP contribution in [0.4, 0.5) is 0 Å². The molecule has 1 spiro atoms. The van der Waals surface area contributed by atoms with Crippen molar-refractivity contribution in [2.24, 2.45) is 40.4 Å². The number of fused-ring (bicyclic) bond motifs is 2. The average Bonchev–Trinajstić information content (AvgIpc) is 2.68. The second-order valence-corrected chi connectivity index (χ2v) is 5.37. The lowest BCUT2D eigenvalue weighted by atomic mass is 9.37. The van der Waals surface area contributed by atoms with E-state index in [1.54, 1.807) is 0 Å².